The number of fused-ring (bicyclic) bond motifs is 1. The summed E-state index contributed by atoms with van der Waals surface area (Å²) in [6, 6.07) is 4.04. The van der Waals surface area contributed by atoms with Crippen LogP contribution in [0.5, 0.6) is 0 Å². The summed E-state index contributed by atoms with van der Waals surface area (Å²) in [6.45, 7) is 3.17. The fourth-order valence-electron chi connectivity index (χ4n) is 4.69. The molecular formula is C24H28F2N4O4. The number of nitrogens with one attached hydrogen (secondary N) is 1. The molecule has 0 radical (unpaired) electrons. The van der Waals surface area contributed by atoms with Crippen molar-refractivity contribution in [3.63, 3.8) is 0 Å². The third-order valence-electron chi connectivity index (χ3n) is 6.47. The van der Waals surface area contributed by atoms with E-state index < -0.39 is 35.0 Å². The second kappa shape index (κ2) is 9.52. The standard InChI is InChI=1S/C24H28F2N4O4/c1-3-34-22(32)18-13-20-21(31)30(19-11-10-15(25)12-17(19)26)24(2,14-29(20)28-18)23(33)27-16-8-6-4-5-7-9-16/h10-13,16H,3-9,14H2,1-2H3,(H,27,33). The number of anilines is 1. The first kappa shape index (κ1) is 23.8. The van der Waals surface area contributed by atoms with Gasteiger partial charge < -0.3 is 10.1 Å². The third kappa shape index (κ3) is 4.41. The molecule has 1 aromatic carbocycles. The minimum absolute atomic E-state index is 0.00604. The lowest BCUT2D eigenvalue weighted by molar-refractivity contribution is -0.127. The molecule has 1 fully saturated rings. The zero-order valence-electron chi connectivity index (χ0n) is 19.3. The molecule has 1 N–H and O–H groups in total. The van der Waals surface area contributed by atoms with Crippen LogP contribution in [0.2, 0.25) is 0 Å². The monoisotopic (exact) mass is 474 g/mol. The summed E-state index contributed by atoms with van der Waals surface area (Å²) >= 11 is 0. The number of amides is 2. The zero-order valence-corrected chi connectivity index (χ0v) is 19.3. The number of nitrogens with zero attached hydrogens (tertiary/aromatic N) is 3. The molecule has 8 nitrogen and oxygen atoms in total. The molecule has 4 rings (SSSR count). The highest BCUT2D eigenvalue weighted by molar-refractivity contribution is 6.12. The molecule has 0 saturated heterocycles. The van der Waals surface area contributed by atoms with Gasteiger partial charge in [-0.05, 0) is 38.8 Å². The van der Waals surface area contributed by atoms with Crippen LogP contribution < -0.4 is 10.2 Å². The maximum Gasteiger partial charge on any atom is 0.358 e. The number of aromatic nitrogens is 2. The maximum atomic E-state index is 14.9. The number of carbonyl (C=O) groups is 3. The van der Waals surface area contributed by atoms with Gasteiger partial charge in [-0.3, -0.25) is 19.2 Å². The minimum Gasteiger partial charge on any atom is -0.461 e. The van der Waals surface area contributed by atoms with Crippen molar-refractivity contribution >= 4 is 23.5 Å². The smallest absolute Gasteiger partial charge is 0.358 e. The van der Waals surface area contributed by atoms with E-state index in [-0.39, 0.29) is 36.3 Å². The number of carbonyl (C=O) groups excluding carboxylic acids is 3. The van der Waals surface area contributed by atoms with Gasteiger partial charge in [-0.25, -0.2) is 13.6 Å². The quantitative estimate of drug-likeness (QED) is 0.528. The number of hydrogen-bond acceptors (Lipinski definition) is 5. The molecule has 2 aliphatic rings. The van der Waals surface area contributed by atoms with Crippen molar-refractivity contribution in [2.75, 3.05) is 11.5 Å². The maximum absolute atomic E-state index is 14.9. The lowest BCUT2D eigenvalue weighted by Gasteiger charge is -2.43. The number of ether oxygens (including phenoxy) is 1. The fourth-order valence-corrected chi connectivity index (χ4v) is 4.69. The van der Waals surface area contributed by atoms with Gasteiger partial charge in [0.15, 0.2) is 5.69 Å². The van der Waals surface area contributed by atoms with E-state index in [0.717, 1.165) is 55.6 Å². The lowest BCUT2D eigenvalue weighted by atomic mass is 9.93. The summed E-state index contributed by atoms with van der Waals surface area (Å²) in [4.78, 5) is 40.5. The van der Waals surface area contributed by atoms with Gasteiger partial charge in [-0.15, -0.1) is 0 Å². The van der Waals surface area contributed by atoms with Crippen LogP contribution in [-0.2, 0) is 16.1 Å². The Kier molecular flexibility index (Phi) is 6.67. The molecule has 2 aromatic rings. The highest BCUT2D eigenvalue weighted by Crippen LogP contribution is 2.35. The molecule has 1 saturated carbocycles. The highest BCUT2D eigenvalue weighted by Gasteiger charge is 2.50. The number of rotatable bonds is 5. The molecule has 0 bridgehead atoms. The Labute approximate surface area is 196 Å². The molecule has 1 atom stereocenters. The van der Waals surface area contributed by atoms with Crippen LogP contribution in [-0.4, -0.2) is 45.8 Å². The Balaban J connectivity index is 1.76. The van der Waals surface area contributed by atoms with E-state index in [2.05, 4.69) is 10.4 Å². The molecule has 182 valence electrons. The summed E-state index contributed by atoms with van der Waals surface area (Å²) < 4.78 is 34.8. The first-order chi connectivity index (χ1) is 16.2. The van der Waals surface area contributed by atoms with Crippen molar-refractivity contribution in [2.24, 2.45) is 0 Å². The predicted octanol–water partition coefficient (Wildman–Crippen LogP) is 3.60. The Morgan fingerprint density at radius 2 is 1.88 bits per heavy atom. The zero-order chi connectivity index (χ0) is 24.5. The Hall–Kier alpha value is -3.30. The number of benzene rings is 1. The Morgan fingerprint density at radius 1 is 1.18 bits per heavy atom. The van der Waals surface area contributed by atoms with Crippen LogP contribution in [0.3, 0.4) is 0 Å². The van der Waals surface area contributed by atoms with Crippen molar-refractivity contribution in [1.82, 2.24) is 15.1 Å². The number of hydrogen-bond donors (Lipinski definition) is 1. The van der Waals surface area contributed by atoms with Gasteiger partial charge in [-0.1, -0.05) is 25.7 Å². The average Bonchev–Trinajstić information content (AvgIpc) is 3.04. The normalized spacial score (nSPS) is 21.1. The van der Waals surface area contributed by atoms with Crippen LogP contribution in [0.25, 0.3) is 0 Å². The van der Waals surface area contributed by atoms with E-state index in [4.69, 9.17) is 4.74 Å². The van der Waals surface area contributed by atoms with E-state index in [0.29, 0.717) is 6.07 Å². The lowest BCUT2D eigenvalue weighted by Crippen LogP contribution is -2.65. The van der Waals surface area contributed by atoms with Crippen LogP contribution in [0, 0.1) is 11.6 Å². The van der Waals surface area contributed by atoms with E-state index >= 15 is 0 Å². The number of esters is 1. The molecule has 0 spiro atoms. The van der Waals surface area contributed by atoms with Crippen molar-refractivity contribution in [3.05, 3.63) is 47.3 Å². The van der Waals surface area contributed by atoms with Crippen LogP contribution >= 0.6 is 0 Å². The molecule has 2 amide bonds. The topological polar surface area (TPSA) is 93.5 Å². The van der Waals surface area contributed by atoms with E-state index in [9.17, 15) is 23.2 Å². The largest absolute Gasteiger partial charge is 0.461 e. The summed E-state index contributed by atoms with van der Waals surface area (Å²) in [7, 11) is 0. The Bertz CT molecular complexity index is 1110. The average molecular weight is 475 g/mol. The minimum atomic E-state index is -1.58. The molecule has 34 heavy (non-hydrogen) atoms. The Morgan fingerprint density at radius 3 is 2.53 bits per heavy atom. The molecule has 2 heterocycles. The second-order valence-electron chi connectivity index (χ2n) is 8.97. The van der Waals surface area contributed by atoms with Gasteiger partial charge in [-0.2, -0.15) is 5.10 Å². The fraction of sp³-hybridized carbons (Fsp3) is 0.500. The van der Waals surface area contributed by atoms with Crippen LogP contribution in [0.1, 0.15) is 73.3 Å². The van der Waals surface area contributed by atoms with Gasteiger partial charge >= 0.3 is 5.97 Å². The summed E-state index contributed by atoms with van der Waals surface area (Å²) in [5.74, 6) is -3.67. The van der Waals surface area contributed by atoms with Gasteiger partial charge in [0.2, 0.25) is 5.91 Å². The predicted molar refractivity (Wildman–Crippen MR) is 119 cm³/mol. The van der Waals surface area contributed by atoms with Crippen LogP contribution in [0.15, 0.2) is 24.3 Å². The molecule has 1 unspecified atom stereocenters. The van der Waals surface area contributed by atoms with Crippen molar-refractivity contribution in [3.8, 4) is 0 Å². The summed E-state index contributed by atoms with van der Waals surface area (Å²) in [6.07, 6.45) is 5.82. The molecule has 1 aliphatic carbocycles. The van der Waals surface area contributed by atoms with Gasteiger partial charge in [0.05, 0.1) is 18.8 Å². The van der Waals surface area contributed by atoms with E-state index in [1.807, 2.05) is 0 Å². The molecule has 10 heteroatoms. The first-order valence-electron chi connectivity index (χ1n) is 11.6. The van der Waals surface area contributed by atoms with E-state index in [1.54, 1.807) is 6.92 Å². The number of halogens is 2. The first-order valence-corrected chi connectivity index (χ1v) is 11.6. The third-order valence-corrected chi connectivity index (χ3v) is 6.47. The molecular weight excluding hydrogens is 446 g/mol. The highest BCUT2D eigenvalue weighted by atomic mass is 19.1. The molecule has 1 aliphatic heterocycles. The van der Waals surface area contributed by atoms with Crippen molar-refractivity contribution in [1.29, 1.82) is 0 Å². The van der Waals surface area contributed by atoms with Gasteiger partial charge in [0.25, 0.3) is 5.91 Å². The second-order valence-corrected chi connectivity index (χ2v) is 8.97. The van der Waals surface area contributed by atoms with Crippen LogP contribution in [0.4, 0.5) is 14.5 Å². The SMILES string of the molecule is CCOC(=O)c1cc2n(n1)CC(C)(C(=O)NC1CCCCCC1)N(c1ccc(F)cc1F)C2=O. The van der Waals surface area contributed by atoms with Gasteiger partial charge in [0, 0.05) is 18.2 Å². The summed E-state index contributed by atoms with van der Waals surface area (Å²) in [5, 5.41) is 7.22. The van der Waals surface area contributed by atoms with Gasteiger partial charge in [0.1, 0.15) is 22.9 Å². The van der Waals surface area contributed by atoms with E-state index in [1.165, 1.54) is 17.7 Å². The molecule has 1 aromatic heterocycles. The van der Waals surface area contributed by atoms with Crippen molar-refractivity contribution in [2.45, 2.75) is 70.5 Å². The summed E-state index contributed by atoms with van der Waals surface area (Å²) in [5.41, 5.74) is -1.88. The van der Waals surface area contributed by atoms with Crippen molar-refractivity contribution < 1.29 is 27.9 Å².